The first-order valence-corrected chi connectivity index (χ1v) is 10.2. The number of nitrogens with zero attached hydrogens (tertiary/aromatic N) is 2. The van der Waals surface area contributed by atoms with Crippen LogP contribution in [0.4, 0.5) is 10.6 Å². The lowest BCUT2D eigenvalue weighted by Gasteiger charge is -2.29. The number of hydrogen-bond acceptors (Lipinski definition) is 6. The molecule has 2 amide bonds. The number of ether oxygens (including phenoxy) is 3. The molecule has 2 aromatic rings. The number of carbonyl (C=O) groups excluding carboxylic acids is 2. The number of benzene rings is 1. The fraction of sp³-hybridized carbons (Fsp3) is 0.500. The number of fused-ring (bicyclic) bond motifs is 1. The van der Waals surface area contributed by atoms with Gasteiger partial charge in [0.2, 0.25) is 5.91 Å². The molecule has 0 fully saturated rings. The number of carbonyl (C=O) groups is 2. The SMILES string of the molecule is COc1ccc(CCC(=O)Nc2n[nH]c3c2CCN(C(=O)OC(C)(C)C)C3)cc1OC. The van der Waals surface area contributed by atoms with Crippen LogP contribution < -0.4 is 14.8 Å². The van der Waals surface area contributed by atoms with Gasteiger partial charge in [0, 0.05) is 18.5 Å². The van der Waals surface area contributed by atoms with E-state index < -0.39 is 5.60 Å². The summed E-state index contributed by atoms with van der Waals surface area (Å²) in [6, 6.07) is 5.61. The predicted octanol–water partition coefficient (Wildman–Crippen LogP) is 3.29. The number of methoxy groups -OCH3 is 2. The van der Waals surface area contributed by atoms with E-state index >= 15 is 0 Å². The molecule has 0 spiro atoms. The highest BCUT2D eigenvalue weighted by molar-refractivity contribution is 5.90. The average molecular weight is 431 g/mol. The second-order valence-electron chi connectivity index (χ2n) is 8.42. The zero-order chi connectivity index (χ0) is 22.6. The van der Waals surface area contributed by atoms with Crippen LogP contribution in [-0.2, 0) is 28.9 Å². The summed E-state index contributed by atoms with van der Waals surface area (Å²) in [5.74, 6) is 1.69. The fourth-order valence-electron chi connectivity index (χ4n) is 3.39. The van der Waals surface area contributed by atoms with Gasteiger partial charge in [-0.1, -0.05) is 6.07 Å². The van der Waals surface area contributed by atoms with Gasteiger partial charge < -0.3 is 24.4 Å². The molecular weight excluding hydrogens is 400 g/mol. The summed E-state index contributed by atoms with van der Waals surface area (Å²) < 4.78 is 16.0. The molecule has 0 saturated carbocycles. The highest BCUT2D eigenvalue weighted by Crippen LogP contribution is 2.28. The van der Waals surface area contributed by atoms with Crippen LogP contribution in [0.1, 0.15) is 44.0 Å². The molecule has 0 saturated heterocycles. The molecule has 1 aliphatic rings. The Kier molecular flexibility index (Phi) is 6.72. The Hall–Kier alpha value is -3.23. The topological polar surface area (TPSA) is 106 Å². The lowest BCUT2D eigenvalue weighted by molar-refractivity contribution is -0.116. The van der Waals surface area contributed by atoms with E-state index in [4.69, 9.17) is 14.2 Å². The van der Waals surface area contributed by atoms with Crippen molar-refractivity contribution in [2.24, 2.45) is 0 Å². The van der Waals surface area contributed by atoms with Crippen LogP contribution in [-0.4, -0.2) is 53.5 Å². The number of aryl methyl sites for hydroxylation is 1. The van der Waals surface area contributed by atoms with Crippen molar-refractivity contribution < 1.29 is 23.8 Å². The van der Waals surface area contributed by atoms with Crippen LogP contribution in [0.5, 0.6) is 11.5 Å². The van der Waals surface area contributed by atoms with Crippen molar-refractivity contribution in [1.29, 1.82) is 0 Å². The third kappa shape index (κ3) is 5.68. The van der Waals surface area contributed by atoms with Crippen molar-refractivity contribution in [2.75, 3.05) is 26.1 Å². The molecule has 9 nitrogen and oxygen atoms in total. The van der Waals surface area contributed by atoms with E-state index in [-0.39, 0.29) is 12.0 Å². The van der Waals surface area contributed by atoms with E-state index in [0.29, 0.717) is 49.7 Å². The van der Waals surface area contributed by atoms with Crippen LogP contribution in [0.15, 0.2) is 18.2 Å². The van der Waals surface area contributed by atoms with Crippen molar-refractivity contribution >= 4 is 17.8 Å². The number of rotatable bonds is 6. The Balaban J connectivity index is 1.56. The minimum absolute atomic E-state index is 0.126. The van der Waals surface area contributed by atoms with Crippen LogP contribution >= 0.6 is 0 Å². The maximum absolute atomic E-state index is 12.5. The van der Waals surface area contributed by atoms with Gasteiger partial charge in [-0.2, -0.15) is 5.10 Å². The van der Waals surface area contributed by atoms with Crippen LogP contribution in [0.3, 0.4) is 0 Å². The van der Waals surface area contributed by atoms with Gasteiger partial charge >= 0.3 is 6.09 Å². The molecule has 0 bridgehead atoms. The van der Waals surface area contributed by atoms with Crippen LogP contribution in [0.2, 0.25) is 0 Å². The fourth-order valence-corrected chi connectivity index (χ4v) is 3.39. The molecule has 0 radical (unpaired) electrons. The molecule has 1 aromatic carbocycles. The van der Waals surface area contributed by atoms with Gasteiger partial charge in [-0.05, 0) is 51.3 Å². The second-order valence-corrected chi connectivity index (χ2v) is 8.42. The molecule has 2 N–H and O–H groups in total. The first kappa shape index (κ1) is 22.5. The molecular formula is C22H30N4O5. The quantitative estimate of drug-likeness (QED) is 0.729. The van der Waals surface area contributed by atoms with Gasteiger partial charge in [-0.15, -0.1) is 0 Å². The van der Waals surface area contributed by atoms with Gasteiger partial charge in [0.05, 0.1) is 26.5 Å². The second kappa shape index (κ2) is 9.28. The lowest BCUT2D eigenvalue weighted by Crippen LogP contribution is -2.39. The molecule has 9 heteroatoms. The van der Waals surface area contributed by atoms with Crippen molar-refractivity contribution in [2.45, 2.75) is 52.2 Å². The number of H-pyrrole nitrogens is 1. The Morgan fingerprint density at radius 3 is 2.61 bits per heavy atom. The molecule has 1 aliphatic heterocycles. The summed E-state index contributed by atoms with van der Waals surface area (Å²) in [6.45, 7) is 6.40. The summed E-state index contributed by atoms with van der Waals surface area (Å²) in [7, 11) is 3.17. The van der Waals surface area contributed by atoms with E-state index in [0.717, 1.165) is 16.8 Å². The number of aromatic amines is 1. The summed E-state index contributed by atoms with van der Waals surface area (Å²) in [5, 5.41) is 10.1. The third-order valence-electron chi connectivity index (χ3n) is 4.93. The third-order valence-corrected chi connectivity index (χ3v) is 4.93. The molecule has 1 aromatic heterocycles. The average Bonchev–Trinajstić information content (AvgIpc) is 3.12. The Labute approximate surface area is 182 Å². The van der Waals surface area contributed by atoms with E-state index in [1.54, 1.807) is 19.1 Å². The number of hydrogen-bond donors (Lipinski definition) is 2. The van der Waals surface area contributed by atoms with Gasteiger partial charge in [0.15, 0.2) is 17.3 Å². The molecule has 168 valence electrons. The minimum Gasteiger partial charge on any atom is -0.493 e. The highest BCUT2D eigenvalue weighted by atomic mass is 16.6. The molecule has 2 heterocycles. The zero-order valence-electron chi connectivity index (χ0n) is 18.7. The number of amides is 2. The summed E-state index contributed by atoms with van der Waals surface area (Å²) >= 11 is 0. The van der Waals surface area contributed by atoms with E-state index in [1.165, 1.54) is 0 Å². The Bertz CT molecular complexity index is 948. The monoisotopic (exact) mass is 430 g/mol. The molecule has 0 atom stereocenters. The maximum atomic E-state index is 12.5. The number of nitrogens with one attached hydrogen (secondary N) is 2. The van der Waals surface area contributed by atoms with Crippen molar-refractivity contribution in [3.63, 3.8) is 0 Å². The lowest BCUT2D eigenvalue weighted by atomic mass is 10.1. The summed E-state index contributed by atoms with van der Waals surface area (Å²) in [4.78, 5) is 26.4. The molecule has 0 aliphatic carbocycles. The summed E-state index contributed by atoms with van der Waals surface area (Å²) in [5.41, 5.74) is 2.18. The van der Waals surface area contributed by atoms with Gasteiger partial charge in [0.25, 0.3) is 0 Å². The minimum atomic E-state index is -0.543. The first-order chi connectivity index (χ1) is 14.7. The van der Waals surface area contributed by atoms with Gasteiger partial charge in [0.1, 0.15) is 5.60 Å². The van der Waals surface area contributed by atoms with Crippen molar-refractivity contribution in [1.82, 2.24) is 15.1 Å². The normalized spacial score (nSPS) is 13.4. The van der Waals surface area contributed by atoms with Crippen LogP contribution in [0.25, 0.3) is 0 Å². The van der Waals surface area contributed by atoms with Gasteiger partial charge in [-0.25, -0.2) is 4.79 Å². The zero-order valence-corrected chi connectivity index (χ0v) is 18.7. The highest BCUT2D eigenvalue weighted by Gasteiger charge is 2.28. The van der Waals surface area contributed by atoms with E-state index in [1.807, 2.05) is 39.0 Å². The number of anilines is 1. The first-order valence-electron chi connectivity index (χ1n) is 10.2. The van der Waals surface area contributed by atoms with E-state index in [9.17, 15) is 9.59 Å². The maximum Gasteiger partial charge on any atom is 0.410 e. The standard InChI is InChI=1S/C22H30N4O5/c1-22(2,3)31-21(28)26-11-10-15-16(13-26)24-25-20(15)23-19(27)9-7-14-6-8-17(29-4)18(12-14)30-5/h6,8,12H,7,9-11,13H2,1-5H3,(H2,23,24,25,27). The number of aromatic nitrogens is 2. The van der Waals surface area contributed by atoms with Crippen LogP contribution in [0, 0.1) is 0 Å². The van der Waals surface area contributed by atoms with Gasteiger partial charge in [-0.3, -0.25) is 9.89 Å². The Morgan fingerprint density at radius 1 is 1.19 bits per heavy atom. The molecule has 31 heavy (non-hydrogen) atoms. The summed E-state index contributed by atoms with van der Waals surface area (Å²) in [6.07, 6.45) is 1.11. The molecule has 0 unspecified atom stereocenters. The smallest absolute Gasteiger partial charge is 0.410 e. The largest absolute Gasteiger partial charge is 0.493 e. The van der Waals surface area contributed by atoms with Crippen molar-refractivity contribution in [3.8, 4) is 11.5 Å². The molecule has 3 rings (SSSR count). The van der Waals surface area contributed by atoms with Crippen molar-refractivity contribution in [3.05, 3.63) is 35.0 Å². The Morgan fingerprint density at radius 2 is 1.94 bits per heavy atom. The van der Waals surface area contributed by atoms with E-state index in [2.05, 4.69) is 15.5 Å². The predicted molar refractivity (Wildman–Crippen MR) is 115 cm³/mol.